The number of hydrogen-bond donors (Lipinski definition) is 0. The Hall–Kier alpha value is 0.330. The van der Waals surface area contributed by atoms with Crippen molar-refractivity contribution >= 4 is 22.9 Å². The third-order valence-corrected chi connectivity index (χ3v) is 0.970. The minimum Gasteiger partial charge on any atom is -0.184 e. The van der Waals surface area contributed by atoms with Gasteiger partial charge in [-0.25, -0.2) is 0 Å². The molecule has 0 atom stereocenters. The number of nitrogens with zero attached hydrogens (tertiary/aromatic N) is 2. The smallest absolute Gasteiger partial charge is 0.111 e. The van der Waals surface area contributed by atoms with Crippen molar-refractivity contribution in [2.75, 3.05) is 6.54 Å². The fourth-order valence-electron chi connectivity index (χ4n) is 0.267. The lowest BCUT2D eigenvalue weighted by atomic mass is 10.3. The Balaban J connectivity index is 2.69. The summed E-state index contributed by atoms with van der Waals surface area (Å²) in [6, 6.07) is 0. The van der Waals surface area contributed by atoms with Crippen LogP contribution in [0.4, 0.5) is 0 Å². The zero-order valence-corrected chi connectivity index (χ0v) is 6.55. The van der Waals surface area contributed by atoms with Gasteiger partial charge in [0.15, 0.2) is 0 Å². The molecule has 0 saturated carbocycles. The van der Waals surface area contributed by atoms with Crippen molar-refractivity contribution in [2.24, 2.45) is 8.44 Å². The molecule has 0 aliphatic carbocycles. The second kappa shape index (κ2) is 6.33. The summed E-state index contributed by atoms with van der Waals surface area (Å²) in [5, 5.41) is 3.77. The summed E-state index contributed by atoms with van der Waals surface area (Å²) < 4.78 is 3.57. The van der Waals surface area contributed by atoms with Crippen molar-refractivity contribution in [3.63, 3.8) is 0 Å². The van der Waals surface area contributed by atoms with Gasteiger partial charge in [0.05, 0.1) is 6.54 Å². The third-order valence-electron chi connectivity index (χ3n) is 0.665. The van der Waals surface area contributed by atoms with Crippen LogP contribution in [0.2, 0.25) is 0 Å². The van der Waals surface area contributed by atoms with E-state index in [1.165, 1.54) is 6.42 Å². The van der Waals surface area contributed by atoms with E-state index in [-0.39, 0.29) is 0 Å². The minimum absolute atomic E-state index is 0.888. The van der Waals surface area contributed by atoms with E-state index in [0.717, 1.165) is 13.0 Å². The maximum Gasteiger partial charge on any atom is 0.111 e. The van der Waals surface area contributed by atoms with Gasteiger partial charge in [-0.2, -0.15) is 5.11 Å². The molecule has 0 fully saturated rings. The Bertz CT molecular complexity index is 53.7. The number of unbranched alkanes of at least 4 members (excludes halogenated alkanes) is 1. The van der Waals surface area contributed by atoms with E-state index in [1.54, 1.807) is 0 Å². The van der Waals surface area contributed by atoms with Crippen molar-refractivity contribution < 1.29 is 0 Å². The van der Waals surface area contributed by atoms with Crippen molar-refractivity contribution in [1.29, 1.82) is 0 Å². The van der Waals surface area contributed by atoms with Gasteiger partial charge in [0.1, 0.15) is 22.9 Å². The highest BCUT2D eigenvalue weighted by Gasteiger charge is 1.75. The highest BCUT2D eigenvalue weighted by molar-refractivity contribution is 14.1. The molecule has 2 nitrogen and oxygen atoms in total. The SMILES string of the molecule is CCCC/N=N/I. The van der Waals surface area contributed by atoms with Gasteiger partial charge < -0.3 is 0 Å². The third kappa shape index (κ3) is 6.33. The quantitative estimate of drug-likeness (QED) is 0.390. The lowest BCUT2D eigenvalue weighted by molar-refractivity contribution is 0.790. The van der Waals surface area contributed by atoms with E-state index in [0.29, 0.717) is 0 Å². The molecule has 0 unspecified atom stereocenters. The highest BCUT2D eigenvalue weighted by atomic mass is 127. The Morgan fingerprint density at radius 1 is 1.57 bits per heavy atom. The van der Waals surface area contributed by atoms with Gasteiger partial charge in [0.2, 0.25) is 0 Å². The van der Waals surface area contributed by atoms with Gasteiger partial charge in [0, 0.05) is 0 Å². The summed E-state index contributed by atoms with van der Waals surface area (Å²) in [4.78, 5) is 0. The first-order valence-electron chi connectivity index (χ1n) is 2.39. The fourth-order valence-corrected chi connectivity index (χ4v) is 0.482. The molecule has 0 saturated heterocycles. The van der Waals surface area contributed by atoms with Gasteiger partial charge in [-0.1, -0.05) is 13.3 Å². The van der Waals surface area contributed by atoms with Crippen molar-refractivity contribution in [3.05, 3.63) is 0 Å². The highest BCUT2D eigenvalue weighted by Crippen LogP contribution is 1.90. The molecule has 0 aliphatic heterocycles. The molecule has 0 N–H and O–H groups in total. The first-order chi connectivity index (χ1) is 3.41. The van der Waals surface area contributed by atoms with Gasteiger partial charge in [0.25, 0.3) is 0 Å². The maximum atomic E-state index is 3.77. The summed E-state index contributed by atoms with van der Waals surface area (Å²) in [5.41, 5.74) is 0. The Kier molecular flexibility index (Phi) is 6.63. The molecule has 0 aromatic heterocycles. The minimum atomic E-state index is 0.888. The van der Waals surface area contributed by atoms with E-state index < -0.39 is 0 Å². The van der Waals surface area contributed by atoms with Crippen LogP contribution in [0, 0.1) is 0 Å². The average Bonchev–Trinajstić information content (AvgIpc) is 1.69. The topological polar surface area (TPSA) is 24.7 Å². The monoisotopic (exact) mass is 212 g/mol. The maximum absolute atomic E-state index is 3.77. The van der Waals surface area contributed by atoms with E-state index in [9.17, 15) is 0 Å². The molecule has 0 aliphatic rings. The Morgan fingerprint density at radius 3 is 2.71 bits per heavy atom. The predicted octanol–water partition coefficient (Wildman–Crippen LogP) is 2.59. The summed E-state index contributed by atoms with van der Waals surface area (Å²) in [6.07, 6.45) is 2.36. The van der Waals surface area contributed by atoms with Crippen LogP contribution in [0.15, 0.2) is 8.44 Å². The summed E-state index contributed by atoms with van der Waals surface area (Å²) in [6.45, 7) is 3.03. The molecule has 0 radical (unpaired) electrons. The molecule has 0 rings (SSSR count). The van der Waals surface area contributed by atoms with Gasteiger partial charge in [-0.15, -0.1) is 3.33 Å². The Morgan fingerprint density at radius 2 is 2.29 bits per heavy atom. The number of rotatable bonds is 3. The van der Waals surface area contributed by atoms with E-state index in [1.807, 2.05) is 22.9 Å². The summed E-state index contributed by atoms with van der Waals surface area (Å²) in [7, 11) is 0. The molecule has 3 heteroatoms. The molecular formula is C4H9IN2. The largest absolute Gasteiger partial charge is 0.184 e. The second-order valence-electron chi connectivity index (χ2n) is 1.29. The molecule has 0 heterocycles. The molecular weight excluding hydrogens is 203 g/mol. The molecule has 0 spiro atoms. The van der Waals surface area contributed by atoms with Crippen LogP contribution in [0.5, 0.6) is 0 Å². The zero-order chi connectivity index (χ0) is 5.54. The van der Waals surface area contributed by atoms with E-state index in [4.69, 9.17) is 0 Å². The summed E-state index contributed by atoms with van der Waals surface area (Å²) in [5.74, 6) is 0. The molecule has 0 bridgehead atoms. The summed E-state index contributed by atoms with van der Waals surface area (Å²) >= 11 is 1.89. The van der Waals surface area contributed by atoms with Crippen LogP contribution in [-0.2, 0) is 0 Å². The van der Waals surface area contributed by atoms with Crippen LogP contribution in [-0.4, -0.2) is 6.54 Å². The molecule has 0 aromatic rings. The number of halogens is 1. The standard InChI is InChI=1S/C4H9IN2/c1-2-3-4-6-7-5/h2-4H2,1H3/b7-6+. The van der Waals surface area contributed by atoms with Crippen LogP contribution >= 0.6 is 22.9 Å². The fraction of sp³-hybridized carbons (Fsp3) is 1.00. The molecule has 0 amide bonds. The van der Waals surface area contributed by atoms with Crippen LogP contribution in [0.25, 0.3) is 0 Å². The Labute approximate surface area is 57.9 Å². The van der Waals surface area contributed by atoms with Gasteiger partial charge >= 0.3 is 0 Å². The van der Waals surface area contributed by atoms with Crippen LogP contribution in [0.3, 0.4) is 0 Å². The first kappa shape index (κ1) is 7.33. The lowest BCUT2D eigenvalue weighted by Crippen LogP contribution is -1.73. The van der Waals surface area contributed by atoms with Crippen molar-refractivity contribution in [3.8, 4) is 0 Å². The normalized spacial score (nSPS) is 10.6. The van der Waals surface area contributed by atoms with E-state index >= 15 is 0 Å². The van der Waals surface area contributed by atoms with Crippen molar-refractivity contribution in [1.82, 2.24) is 0 Å². The van der Waals surface area contributed by atoms with Gasteiger partial charge in [-0.3, -0.25) is 0 Å². The average molecular weight is 212 g/mol. The van der Waals surface area contributed by atoms with Crippen molar-refractivity contribution in [2.45, 2.75) is 19.8 Å². The predicted molar refractivity (Wildman–Crippen MR) is 38.7 cm³/mol. The lowest BCUT2D eigenvalue weighted by Gasteiger charge is -1.82. The zero-order valence-electron chi connectivity index (χ0n) is 4.39. The van der Waals surface area contributed by atoms with Crippen LogP contribution in [0.1, 0.15) is 19.8 Å². The van der Waals surface area contributed by atoms with E-state index in [2.05, 4.69) is 15.4 Å². The number of hydrogen-bond acceptors (Lipinski definition) is 2. The van der Waals surface area contributed by atoms with Gasteiger partial charge in [-0.05, 0) is 6.42 Å². The molecule has 42 valence electrons. The molecule has 0 aromatic carbocycles. The molecule has 7 heavy (non-hydrogen) atoms. The first-order valence-corrected chi connectivity index (χ1v) is 3.36. The second-order valence-corrected chi connectivity index (χ2v) is 1.73. The van der Waals surface area contributed by atoms with Crippen LogP contribution < -0.4 is 0 Å².